The molecule has 0 heterocycles. The van der Waals surface area contributed by atoms with E-state index < -0.39 is 35.7 Å². The van der Waals surface area contributed by atoms with Crippen LogP contribution in [0.15, 0.2) is 24.3 Å². The van der Waals surface area contributed by atoms with Crippen molar-refractivity contribution in [3.05, 3.63) is 29.8 Å². The van der Waals surface area contributed by atoms with Crippen LogP contribution in [-0.2, 0) is 11.0 Å². The van der Waals surface area contributed by atoms with E-state index in [1.165, 1.54) is 5.32 Å². The molecule has 1 aromatic carbocycles. The van der Waals surface area contributed by atoms with Gasteiger partial charge < -0.3 is 5.32 Å². The van der Waals surface area contributed by atoms with Crippen LogP contribution in [0.2, 0.25) is 0 Å². The van der Waals surface area contributed by atoms with Crippen molar-refractivity contribution < 1.29 is 35.5 Å². The Labute approximate surface area is 102 Å². The fourth-order valence-electron chi connectivity index (χ4n) is 1.06. The Balaban J connectivity index is 2.82. The Kier molecular flexibility index (Phi) is 4.06. The molecule has 0 aromatic heterocycles. The summed E-state index contributed by atoms with van der Waals surface area (Å²) in [6.45, 7) is 0. The van der Waals surface area contributed by atoms with Gasteiger partial charge in [-0.05, 0) is 24.3 Å². The third-order valence-corrected chi connectivity index (χ3v) is 2.05. The van der Waals surface area contributed by atoms with Crippen LogP contribution < -0.4 is 5.32 Å². The molecule has 106 valence electrons. The topological polar surface area (TPSA) is 29.1 Å². The SMILES string of the molecule is O=C(Nc1ccc(C(F)(F)F)cc1)C(F)(F)C(F)F. The molecule has 2 nitrogen and oxygen atoms in total. The average molecular weight is 289 g/mol. The molecule has 0 radical (unpaired) electrons. The Morgan fingerprint density at radius 2 is 1.47 bits per heavy atom. The van der Waals surface area contributed by atoms with Crippen LogP contribution in [0.4, 0.5) is 36.4 Å². The van der Waals surface area contributed by atoms with Crippen LogP contribution in [0, 0.1) is 0 Å². The summed E-state index contributed by atoms with van der Waals surface area (Å²) < 4.78 is 85.3. The molecule has 1 rings (SSSR count). The van der Waals surface area contributed by atoms with E-state index in [2.05, 4.69) is 0 Å². The molecule has 1 aromatic rings. The standard InChI is InChI=1S/C10H6F7NO/c11-7(12)9(13,14)8(19)18-6-3-1-5(2-4-6)10(15,16)17/h1-4,7H,(H,18,19). The van der Waals surface area contributed by atoms with Crippen molar-refractivity contribution in [1.82, 2.24) is 0 Å². The van der Waals surface area contributed by atoms with Crippen LogP contribution in [0.5, 0.6) is 0 Å². The molecule has 9 heteroatoms. The predicted octanol–water partition coefficient (Wildman–Crippen LogP) is 3.54. The zero-order valence-electron chi connectivity index (χ0n) is 8.94. The van der Waals surface area contributed by atoms with Crippen molar-refractivity contribution in [1.29, 1.82) is 0 Å². The maximum atomic E-state index is 12.6. The highest BCUT2D eigenvalue weighted by Crippen LogP contribution is 2.30. The second kappa shape index (κ2) is 5.06. The van der Waals surface area contributed by atoms with Crippen molar-refractivity contribution >= 4 is 11.6 Å². The zero-order valence-corrected chi connectivity index (χ0v) is 8.94. The summed E-state index contributed by atoms with van der Waals surface area (Å²) in [4.78, 5) is 10.8. The fourth-order valence-corrected chi connectivity index (χ4v) is 1.06. The quantitative estimate of drug-likeness (QED) is 0.847. The van der Waals surface area contributed by atoms with Gasteiger partial charge in [-0.2, -0.15) is 22.0 Å². The molecular formula is C10H6F7NO. The van der Waals surface area contributed by atoms with Crippen molar-refractivity contribution in [2.45, 2.75) is 18.5 Å². The lowest BCUT2D eigenvalue weighted by atomic mass is 10.2. The van der Waals surface area contributed by atoms with Crippen molar-refractivity contribution in [3.8, 4) is 0 Å². The Morgan fingerprint density at radius 1 is 1.00 bits per heavy atom. The number of amides is 1. The first kappa shape index (κ1) is 15.3. The second-order valence-electron chi connectivity index (χ2n) is 3.45. The van der Waals surface area contributed by atoms with Crippen molar-refractivity contribution in [2.75, 3.05) is 5.32 Å². The number of rotatable bonds is 3. The van der Waals surface area contributed by atoms with E-state index >= 15 is 0 Å². The second-order valence-corrected chi connectivity index (χ2v) is 3.45. The monoisotopic (exact) mass is 289 g/mol. The Hall–Kier alpha value is -1.80. The summed E-state index contributed by atoms with van der Waals surface area (Å²) in [6, 6.07) is 2.41. The van der Waals surface area contributed by atoms with E-state index in [1.54, 1.807) is 0 Å². The number of carbonyl (C=O) groups is 1. The highest BCUT2D eigenvalue weighted by molar-refractivity contribution is 5.96. The van der Waals surface area contributed by atoms with E-state index in [-0.39, 0.29) is 0 Å². The van der Waals surface area contributed by atoms with E-state index in [4.69, 9.17) is 0 Å². The minimum atomic E-state index is -4.91. The van der Waals surface area contributed by atoms with Gasteiger partial charge in [-0.15, -0.1) is 0 Å². The number of nitrogens with one attached hydrogen (secondary N) is 1. The minimum Gasteiger partial charge on any atom is -0.321 e. The molecule has 0 saturated heterocycles. The van der Waals surface area contributed by atoms with E-state index in [1.807, 2.05) is 0 Å². The van der Waals surface area contributed by atoms with Gasteiger partial charge in [0, 0.05) is 5.69 Å². The highest BCUT2D eigenvalue weighted by Gasteiger charge is 2.48. The number of anilines is 1. The van der Waals surface area contributed by atoms with E-state index in [0.717, 1.165) is 0 Å². The van der Waals surface area contributed by atoms with Gasteiger partial charge in [0.05, 0.1) is 5.56 Å². The van der Waals surface area contributed by atoms with Gasteiger partial charge in [0.2, 0.25) is 0 Å². The number of hydrogen-bond acceptors (Lipinski definition) is 1. The lowest BCUT2D eigenvalue weighted by Gasteiger charge is -2.15. The summed E-state index contributed by atoms with van der Waals surface area (Å²) in [6.07, 6.45) is -8.84. The minimum absolute atomic E-state index is 0.446. The average Bonchev–Trinajstić information content (AvgIpc) is 2.28. The maximum absolute atomic E-state index is 12.6. The van der Waals surface area contributed by atoms with Crippen LogP contribution in [0.25, 0.3) is 0 Å². The van der Waals surface area contributed by atoms with Gasteiger partial charge in [-0.3, -0.25) is 4.79 Å². The molecule has 0 unspecified atom stereocenters. The number of benzene rings is 1. The molecule has 0 bridgehead atoms. The summed E-state index contributed by atoms with van der Waals surface area (Å²) in [5.74, 6) is -7.20. The summed E-state index contributed by atoms with van der Waals surface area (Å²) >= 11 is 0. The third kappa shape index (κ3) is 3.58. The lowest BCUT2D eigenvalue weighted by molar-refractivity contribution is -0.163. The molecule has 1 amide bonds. The summed E-state index contributed by atoms with van der Waals surface area (Å²) in [5, 5.41) is 1.41. The fraction of sp³-hybridized carbons (Fsp3) is 0.300. The molecule has 0 aliphatic rings. The van der Waals surface area contributed by atoms with Crippen LogP contribution in [0.1, 0.15) is 5.56 Å². The van der Waals surface area contributed by atoms with Gasteiger partial charge >= 0.3 is 24.4 Å². The van der Waals surface area contributed by atoms with Crippen molar-refractivity contribution in [3.63, 3.8) is 0 Å². The largest absolute Gasteiger partial charge is 0.416 e. The lowest BCUT2D eigenvalue weighted by Crippen LogP contribution is -2.40. The van der Waals surface area contributed by atoms with Crippen LogP contribution in [0.3, 0.4) is 0 Å². The molecular weight excluding hydrogens is 283 g/mol. The van der Waals surface area contributed by atoms with Crippen LogP contribution >= 0.6 is 0 Å². The maximum Gasteiger partial charge on any atom is 0.416 e. The first-order valence-corrected chi connectivity index (χ1v) is 4.70. The van der Waals surface area contributed by atoms with Gasteiger partial charge in [0.15, 0.2) is 0 Å². The molecule has 0 atom stereocenters. The third-order valence-electron chi connectivity index (χ3n) is 2.05. The molecule has 0 saturated carbocycles. The molecule has 0 aliphatic carbocycles. The number of carbonyl (C=O) groups excluding carboxylic acids is 1. The number of alkyl halides is 7. The first-order valence-electron chi connectivity index (χ1n) is 4.70. The smallest absolute Gasteiger partial charge is 0.321 e. The van der Waals surface area contributed by atoms with Crippen molar-refractivity contribution in [2.24, 2.45) is 0 Å². The predicted molar refractivity (Wildman–Crippen MR) is 51.0 cm³/mol. The number of hydrogen-bond donors (Lipinski definition) is 1. The Morgan fingerprint density at radius 3 is 1.84 bits per heavy atom. The van der Waals surface area contributed by atoms with E-state index in [0.29, 0.717) is 24.3 Å². The summed E-state index contributed by atoms with van der Waals surface area (Å²) in [7, 11) is 0. The Bertz CT molecular complexity index is 452. The highest BCUT2D eigenvalue weighted by atomic mass is 19.4. The van der Waals surface area contributed by atoms with Crippen LogP contribution in [-0.4, -0.2) is 18.3 Å². The molecule has 0 aliphatic heterocycles. The van der Waals surface area contributed by atoms with Gasteiger partial charge in [-0.1, -0.05) is 0 Å². The molecule has 1 N–H and O–H groups in total. The van der Waals surface area contributed by atoms with Gasteiger partial charge in [0.25, 0.3) is 0 Å². The number of halogens is 7. The zero-order chi connectivity index (χ0) is 14.8. The normalized spacial score (nSPS) is 12.6. The summed E-state index contributed by atoms with van der Waals surface area (Å²) in [5.41, 5.74) is -1.51. The molecule has 0 fully saturated rings. The molecule has 0 spiro atoms. The first-order chi connectivity index (χ1) is 8.55. The van der Waals surface area contributed by atoms with Gasteiger partial charge in [0.1, 0.15) is 0 Å². The van der Waals surface area contributed by atoms with E-state index in [9.17, 15) is 35.5 Å². The van der Waals surface area contributed by atoms with Gasteiger partial charge in [-0.25, -0.2) is 8.78 Å². The molecule has 19 heavy (non-hydrogen) atoms.